The number of phosphoric acid groups is 1. The van der Waals surface area contributed by atoms with Gasteiger partial charge >= 0.3 is 25.7 Å². The van der Waals surface area contributed by atoms with E-state index in [0.717, 1.165) is 109 Å². The third-order valence-electron chi connectivity index (χ3n) is 14.6. The number of carbonyl (C=O) groups is 5. The van der Waals surface area contributed by atoms with Crippen LogP contribution in [0.2, 0.25) is 0 Å². The van der Waals surface area contributed by atoms with Gasteiger partial charge in [-0.15, -0.1) is 0 Å². The average Bonchev–Trinajstić information content (AvgIpc) is 3.39. The van der Waals surface area contributed by atoms with Crippen LogP contribution in [-0.2, 0) is 52.0 Å². The van der Waals surface area contributed by atoms with Gasteiger partial charge in [-0.2, -0.15) is 0 Å². The number of unbranched alkanes of at least 4 members (excludes halogenated alkanes) is 33. The Kier molecular flexibility index (Phi) is 46.3. The molecule has 5 N–H and O–H groups in total. The van der Waals surface area contributed by atoms with Gasteiger partial charge in [0.15, 0.2) is 12.4 Å². The van der Waals surface area contributed by atoms with E-state index in [-0.39, 0.29) is 38.0 Å². The lowest BCUT2D eigenvalue weighted by molar-refractivity contribution is -0.257. The fourth-order valence-corrected chi connectivity index (χ4v) is 10.6. The van der Waals surface area contributed by atoms with Gasteiger partial charge in [0.1, 0.15) is 31.0 Å². The molecule has 17 heteroatoms. The first-order valence-corrected chi connectivity index (χ1v) is 33.0. The van der Waals surface area contributed by atoms with Gasteiger partial charge in [0.2, 0.25) is 11.8 Å². The molecular weight excluding hydrogens is 1000 g/mol. The summed E-state index contributed by atoms with van der Waals surface area (Å²) in [6.07, 6.45) is 32.2. The molecule has 1 aliphatic heterocycles. The number of nitrogens with one attached hydrogen (secondary N) is 2. The van der Waals surface area contributed by atoms with E-state index in [9.17, 15) is 43.4 Å². The molecule has 77 heavy (non-hydrogen) atoms. The molecule has 1 aliphatic rings. The van der Waals surface area contributed by atoms with Crippen molar-refractivity contribution >= 4 is 37.5 Å². The predicted octanol–water partition coefficient (Wildman–Crippen LogP) is 14.0. The van der Waals surface area contributed by atoms with Crippen LogP contribution in [0.4, 0.5) is 0 Å². The Bertz CT molecular complexity index is 1530. The Morgan fingerprint density at radius 3 is 1.36 bits per heavy atom. The van der Waals surface area contributed by atoms with Gasteiger partial charge in [-0.1, -0.05) is 240 Å². The van der Waals surface area contributed by atoms with Gasteiger partial charge in [-0.25, -0.2) is 4.57 Å². The molecule has 452 valence electrons. The quantitative estimate of drug-likeness (QED) is 0.0165. The lowest BCUT2D eigenvalue weighted by Gasteiger charge is -2.44. The summed E-state index contributed by atoms with van der Waals surface area (Å²) in [5.41, 5.74) is 0. The number of rotatable bonds is 53. The Morgan fingerprint density at radius 1 is 0.494 bits per heavy atom. The summed E-state index contributed by atoms with van der Waals surface area (Å²) < 4.78 is 40.8. The highest BCUT2D eigenvalue weighted by molar-refractivity contribution is 7.46. The number of ether oxygens (including phenoxy) is 4. The van der Waals surface area contributed by atoms with Crippen LogP contribution in [0.5, 0.6) is 0 Å². The predicted molar refractivity (Wildman–Crippen MR) is 305 cm³/mol. The Labute approximate surface area is 467 Å². The van der Waals surface area contributed by atoms with E-state index in [1.165, 1.54) is 116 Å². The standard InChI is InChI=1S/C60H113N2O14P/c1-5-9-13-17-21-24-26-29-32-35-39-43-55(66)73-50(42-38-34-31-28-23-19-15-11-7-3)48-53(64)62-57-59(75-56(67)44-40-36-33-30-27-25-22-18-14-10-6-2)58(76-77(69,70)71)51(74-60(57)68)49-72-54(65)46-45-52(63)61-47-41-37-20-16-12-8-4/h50-51,57-60,68H,5-49H2,1-4H3,(H,61,63)(H,62,64)(H2,69,70,71)/t50?,51-,57-,58-,59-,60?/m1/s1. The van der Waals surface area contributed by atoms with Crippen molar-refractivity contribution in [3.05, 3.63) is 0 Å². The molecule has 0 aromatic carbocycles. The topological polar surface area (TPSA) is 233 Å². The summed E-state index contributed by atoms with van der Waals surface area (Å²) >= 11 is 0. The highest BCUT2D eigenvalue weighted by Gasteiger charge is 2.52. The van der Waals surface area contributed by atoms with Crippen molar-refractivity contribution in [3.8, 4) is 0 Å². The average molecular weight is 1120 g/mol. The van der Waals surface area contributed by atoms with Gasteiger partial charge in [0, 0.05) is 25.8 Å². The number of carbonyl (C=O) groups excluding carboxylic acids is 5. The maximum absolute atomic E-state index is 14.0. The SMILES string of the molecule is CCCCCCCCCCCCCC(=O)OC(CCCCCCCCCCC)CC(=O)N[C@H]1C(O)O[C@H](COC(=O)CCC(=O)NCCCCCCCC)[C@@H](OP(=O)(O)O)[C@@H]1OC(=O)CCCCCCCCCCCCC. The summed E-state index contributed by atoms with van der Waals surface area (Å²) in [6.45, 7) is 8.55. The summed E-state index contributed by atoms with van der Waals surface area (Å²) in [4.78, 5) is 86.5. The highest BCUT2D eigenvalue weighted by atomic mass is 31.2. The van der Waals surface area contributed by atoms with Crippen molar-refractivity contribution in [1.82, 2.24) is 10.6 Å². The molecule has 0 spiro atoms. The van der Waals surface area contributed by atoms with Crippen LogP contribution in [0.25, 0.3) is 0 Å². The van der Waals surface area contributed by atoms with Crippen molar-refractivity contribution < 1.29 is 66.9 Å². The number of aliphatic hydroxyl groups excluding tert-OH is 1. The summed E-state index contributed by atoms with van der Waals surface area (Å²) in [6, 6.07) is -1.59. The molecule has 0 aliphatic carbocycles. The van der Waals surface area contributed by atoms with Gasteiger partial charge in [-0.05, 0) is 32.1 Å². The molecule has 1 fully saturated rings. The number of esters is 3. The molecule has 0 bridgehead atoms. The van der Waals surface area contributed by atoms with Crippen LogP contribution in [0.3, 0.4) is 0 Å². The van der Waals surface area contributed by atoms with Gasteiger partial charge in [0.05, 0.1) is 12.8 Å². The maximum atomic E-state index is 14.0. The molecule has 2 unspecified atom stereocenters. The largest absolute Gasteiger partial charge is 0.470 e. The van der Waals surface area contributed by atoms with E-state index >= 15 is 0 Å². The van der Waals surface area contributed by atoms with Gasteiger partial charge < -0.3 is 44.5 Å². The molecule has 2 amide bonds. The molecule has 0 radical (unpaired) electrons. The fraction of sp³-hybridized carbons (Fsp3) is 0.917. The zero-order valence-corrected chi connectivity index (χ0v) is 50.0. The number of hydrogen-bond donors (Lipinski definition) is 5. The first-order chi connectivity index (χ1) is 37.2. The lowest BCUT2D eigenvalue weighted by Crippen LogP contribution is -2.66. The summed E-state index contributed by atoms with van der Waals surface area (Å²) in [7, 11) is -5.38. The number of amides is 2. The zero-order chi connectivity index (χ0) is 56.6. The van der Waals surface area contributed by atoms with Crippen LogP contribution < -0.4 is 10.6 Å². The summed E-state index contributed by atoms with van der Waals surface area (Å²) in [5.74, 6) is -2.97. The molecule has 0 aromatic heterocycles. The minimum absolute atomic E-state index is 0.0514. The second kappa shape index (κ2) is 49.2. The highest BCUT2D eigenvalue weighted by Crippen LogP contribution is 2.42. The van der Waals surface area contributed by atoms with Crippen molar-refractivity contribution in [2.45, 2.75) is 341 Å². The molecule has 6 atom stereocenters. The number of aliphatic hydroxyl groups is 1. The second-order valence-electron chi connectivity index (χ2n) is 22.0. The third-order valence-corrected chi connectivity index (χ3v) is 15.2. The minimum Gasteiger partial charge on any atom is -0.463 e. The Balaban J connectivity index is 3.14. The second-order valence-corrected chi connectivity index (χ2v) is 23.2. The maximum Gasteiger partial charge on any atom is 0.470 e. The zero-order valence-electron chi connectivity index (χ0n) is 49.1. The molecule has 0 saturated carbocycles. The number of phosphoric ester groups is 1. The van der Waals surface area contributed by atoms with Crippen molar-refractivity contribution in [2.24, 2.45) is 0 Å². The van der Waals surface area contributed by atoms with E-state index in [1.54, 1.807) is 0 Å². The van der Waals surface area contributed by atoms with Crippen molar-refractivity contribution in [3.63, 3.8) is 0 Å². The third kappa shape index (κ3) is 42.0. The number of hydrogen-bond acceptors (Lipinski definition) is 12. The molecule has 1 saturated heterocycles. The Morgan fingerprint density at radius 2 is 0.909 bits per heavy atom. The normalized spacial score (nSPS) is 17.9. The molecule has 16 nitrogen and oxygen atoms in total. The fourth-order valence-electron chi connectivity index (χ4n) is 9.98. The first-order valence-electron chi connectivity index (χ1n) is 31.4. The molecule has 0 aromatic rings. The monoisotopic (exact) mass is 1120 g/mol. The molecule has 1 heterocycles. The summed E-state index contributed by atoms with van der Waals surface area (Å²) in [5, 5.41) is 17.0. The van der Waals surface area contributed by atoms with E-state index in [0.29, 0.717) is 25.8 Å². The van der Waals surface area contributed by atoms with Gasteiger partial charge in [-0.3, -0.25) is 28.5 Å². The van der Waals surface area contributed by atoms with E-state index in [2.05, 4.69) is 38.3 Å². The minimum atomic E-state index is -5.38. The van der Waals surface area contributed by atoms with Crippen molar-refractivity contribution in [2.75, 3.05) is 13.2 Å². The van der Waals surface area contributed by atoms with Crippen LogP contribution in [0.15, 0.2) is 0 Å². The molecule has 1 rings (SSSR count). The van der Waals surface area contributed by atoms with E-state index < -0.39 is 75.0 Å². The van der Waals surface area contributed by atoms with Crippen LogP contribution in [-0.4, -0.2) is 94.5 Å². The lowest BCUT2D eigenvalue weighted by atomic mass is 9.96. The van der Waals surface area contributed by atoms with Gasteiger partial charge in [0.25, 0.3) is 0 Å². The van der Waals surface area contributed by atoms with Crippen LogP contribution in [0, 0.1) is 0 Å². The van der Waals surface area contributed by atoms with Crippen LogP contribution in [0.1, 0.15) is 304 Å². The Hall–Kier alpha value is -2.62. The smallest absolute Gasteiger partial charge is 0.463 e. The van der Waals surface area contributed by atoms with Crippen molar-refractivity contribution in [1.29, 1.82) is 0 Å². The first kappa shape index (κ1) is 72.4. The van der Waals surface area contributed by atoms with E-state index in [1.807, 2.05) is 0 Å². The molecular formula is C60H113N2O14P. The van der Waals surface area contributed by atoms with E-state index in [4.69, 9.17) is 23.5 Å². The van der Waals surface area contributed by atoms with Crippen LogP contribution >= 0.6 is 7.82 Å².